The molecule has 0 saturated heterocycles. The molecule has 0 bridgehead atoms. The smallest absolute Gasteiger partial charge is 0.262 e. The minimum absolute atomic E-state index is 0.0479. The fourth-order valence-electron chi connectivity index (χ4n) is 1.23. The van der Waals surface area contributed by atoms with Gasteiger partial charge in [-0.05, 0) is 25.3 Å². The Labute approximate surface area is 123 Å². The molecule has 20 heavy (non-hydrogen) atoms. The molecule has 0 aliphatic carbocycles. The Morgan fingerprint density at radius 2 is 2.15 bits per heavy atom. The lowest BCUT2D eigenvalue weighted by molar-refractivity contribution is 0.0954. The zero-order valence-electron chi connectivity index (χ0n) is 11.7. The second-order valence-corrected chi connectivity index (χ2v) is 8.45. The van der Waals surface area contributed by atoms with Gasteiger partial charge in [-0.2, -0.15) is 0 Å². The van der Waals surface area contributed by atoms with E-state index in [1.54, 1.807) is 25.3 Å². The lowest BCUT2D eigenvalue weighted by atomic mass is 10.2. The number of amides is 1. The van der Waals surface area contributed by atoms with E-state index in [-0.39, 0.29) is 19.0 Å². The van der Waals surface area contributed by atoms with Gasteiger partial charge in [0.15, 0.2) is 9.84 Å². The first kappa shape index (κ1) is 16.7. The fourth-order valence-corrected chi connectivity index (χ4v) is 2.33. The third-order valence-corrected chi connectivity index (χ3v) is 5.94. The van der Waals surface area contributed by atoms with Crippen molar-refractivity contribution < 1.29 is 13.2 Å². The number of thiophene rings is 1. The molecule has 0 radical (unpaired) electrons. The predicted molar refractivity (Wildman–Crippen MR) is 81.5 cm³/mol. The standard InChI is InChI=1S/C13H18N2O3S2/c1-13(2,20(3,17)18)9-15-12(16)11-10(5-4-7-14)6-8-19-11/h6,8H,7,9,14H2,1-3H3,(H,15,16). The van der Waals surface area contributed by atoms with Gasteiger partial charge >= 0.3 is 0 Å². The molecule has 110 valence electrons. The van der Waals surface area contributed by atoms with Crippen LogP contribution in [0.2, 0.25) is 0 Å². The van der Waals surface area contributed by atoms with E-state index >= 15 is 0 Å². The van der Waals surface area contributed by atoms with Gasteiger partial charge in [-0.3, -0.25) is 4.79 Å². The minimum Gasteiger partial charge on any atom is -0.350 e. The summed E-state index contributed by atoms with van der Waals surface area (Å²) in [6, 6.07) is 1.74. The van der Waals surface area contributed by atoms with Crippen molar-refractivity contribution in [1.82, 2.24) is 5.32 Å². The van der Waals surface area contributed by atoms with Crippen molar-refractivity contribution >= 4 is 27.1 Å². The molecule has 0 fully saturated rings. The van der Waals surface area contributed by atoms with Crippen LogP contribution in [0.3, 0.4) is 0 Å². The van der Waals surface area contributed by atoms with Crippen LogP contribution in [-0.4, -0.2) is 38.4 Å². The van der Waals surface area contributed by atoms with E-state index in [0.717, 1.165) is 6.26 Å². The lowest BCUT2D eigenvalue weighted by Crippen LogP contribution is -2.43. The van der Waals surface area contributed by atoms with Crippen molar-refractivity contribution in [3.8, 4) is 11.8 Å². The summed E-state index contributed by atoms with van der Waals surface area (Å²) in [6.45, 7) is 3.42. The highest BCUT2D eigenvalue weighted by Crippen LogP contribution is 2.17. The average molecular weight is 314 g/mol. The van der Waals surface area contributed by atoms with Crippen LogP contribution < -0.4 is 11.1 Å². The number of hydrogen-bond acceptors (Lipinski definition) is 5. The topological polar surface area (TPSA) is 89.3 Å². The van der Waals surface area contributed by atoms with Gasteiger partial charge in [-0.15, -0.1) is 11.3 Å². The zero-order chi connectivity index (χ0) is 15.4. The molecule has 1 aromatic rings. The number of rotatable bonds is 4. The molecule has 0 aliphatic rings. The Balaban J connectivity index is 2.81. The second kappa shape index (κ2) is 6.39. The molecule has 0 aromatic carbocycles. The van der Waals surface area contributed by atoms with Crippen molar-refractivity contribution in [1.29, 1.82) is 0 Å². The van der Waals surface area contributed by atoms with E-state index in [1.807, 2.05) is 0 Å². The van der Waals surface area contributed by atoms with Gasteiger partial charge in [0.2, 0.25) is 0 Å². The highest BCUT2D eigenvalue weighted by molar-refractivity contribution is 7.92. The maximum atomic E-state index is 12.1. The van der Waals surface area contributed by atoms with E-state index in [0.29, 0.717) is 10.4 Å². The molecular formula is C13H18N2O3S2. The zero-order valence-corrected chi connectivity index (χ0v) is 13.3. The summed E-state index contributed by atoms with van der Waals surface area (Å²) in [6.07, 6.45) is 1.16. The van der Waals surface area contributed by atoms with Crippen LogP contribution >= 0.6 is 11.3 Å². The quantitative estimate of drug-likeness (QED) is 0.797. The minimum atomic E-state index is -3.25. The SMILES string of the molecule is CC(C)(CNC(=O)c1sccc1C#CCN)S(C)(=O)=O. The van der Waals surface area contributed by atoms with Gasteiger partial charge in [-0.1, -0.05) is 11.8 Å². The first-order valence-corrected chi connectivity index (χ1v) is 8.70. The molecule has 7 heteroatoms. The third-order valence-electron chi connectivity index (χ3n) is 2.88. The first-order chi connectivity index (χ1) is 9.19. The second-order valence-electron chi connectivity index (χ2n) is 4.88. The molecule has 1 amide bonds. The molecule has 5 nitrogen and oxygen atoms in total. The summed E-state index contributed by atoms with van der Waals surface area (Å²) in [5.74, 6) is 5.19. The van der Waals surface area contributed by atoms with E-state index in [2.05, 4.69) is 17.2 Å². The monoisotopic (exact) mass is 314 g/mol. The summed E-state index contributed by atoms with van der Waals surface area (Å²) in [7, 11) is -3.25. The summed E-state index contributed by atoms with van der Waals surface area (Å²) in [4.78, 5) is 12.5. The van der Waals surface area contributed by atoms with E-state index in [1.165, 1.54) is 11.3 Å². The van der Waals surface area contributed by atoms with Gasteiger partial charge in [0, 0.05) is 18.4 Å². The largest absolute Gasteiger partial charge is 0.350 e. The Bertz CT molecular complexity index is 649. The summed E-state index contributed by atoms with van der Waals surface area (Å²) in [5, 5.41) is 4.40. The summed E-state index contributed by atoms with van der Waals surface area (Å²) >= 11 is 1.26. The van der Waals surface area contributed by atoms with Gasteiger partial charge in [0.25, 0.3) is 5.91 Å². The van der Waals surface area contributed by atoms with Crippen molar-refractivity contribution in [2.75, 3.05) is 19.3 Å². The summed E-state index contributed by atoms with van der Waals surface area (Å²) < 4.78 is 22.1. The third kappa shape index (κ3) is 4.07. The molecule has 3 N–H and O–H groups in total. The Morgan fingerprint density at radius 1 is 1.50 bits per heavy atom. The molecule has 0 atom stereocenters. The highest BCUT2D eigenvalue weighted by Gasteiger charge is 2.30. The van der Waals surface area contributed by atoms with Crippen LogP contribution in [0.1, 0.15) is 29.1 Å². The van der Waals surface area contributed by atoms with Gasteiger partial charge in [0.05, 0.1) is 11.3 Å². The van der Waals surface area contributed by atoms with Crippen LogP contribution in [0.25, 0.3) is 0 Å². The number of carbonyl (C=O) groups excluding carboxylic acids is 1. The Hall–Kier alpha value is -1.36. The molecule has 1 rings (SSSR count). The molecule has 0 unspecified atom stereocenters. The van der Waals surface area contributed by atoms with Crippen LogP contribution in [-0.2, 0) is 9.84 Å². The van der Waals surface area contributed by atoms with Crippen molar-refractivity contribution in [3.63, 3.8) is 0 Å². The number of carbonyl (C=O) groups is 1. The number of nitrogens with one attached hydrogen (secondary N) is 1. The van der Waals surface area contributed by atoms with Crippen molar-refractivity contribution in [2.45, 2.75) is 18.6 Å². The van der Waals surface area contributed by atoms with Crippen LogP contribution in [0.15, 0.2) is 11.4 Å². The molecule has 1 aromatic heterocycles. The Morgan fingerprint density at radius 3 is 2.70 bits per heavy atom. The fraction of sp³-hybridized carbons (Fsp3) is 0.462. The van der Waals surface area contributed by atoms with Gasteiger partial charge in [-0.25, -0.2) is 8.42 Å². The number of nitrogens with two attached hydrogens (primary N) is 1. The van der Waals surface area contributed by atoms with E-state index in [4.69, 9.17) is 5.73 Å². The van der Waals surface area contributed by atoms with Crippen LogP contribution in [0, 0.1) is 11.8 Å². The Kier molecular flexibility index (Phi) is 5.34. The number of sulfone groups is 1. The predicted octanol–water partition coefficient (Wildman–Crippen LogP) is 0.611. The maximum Gasteiger partial charge on any atom is 0.262 e. The average Bonchev–Trinajstić information content (AvgIpc) is 2.80. The van der Waals surface area contributed by atoms with E-state index in [9.17, 15) is 13.2 Å². The summed E-state index contributed by atoms with van der Waals surface area (Å²) in [5.41, 5.74) is 5.90. The molecule has 0 saturated carbocycles. The van der Waals surface area contributed by atoms with Crippen LogP contribution in [0.5, 0.6) is 0 Å². The van der Waals surface area contributed by atoms with Crippen molar-refractivity contribution in [2.24, 2.45) is 5.73 Å². The van der Waals surface area contributed by atoms with Gasteiger partial charge in [0.1, 0.15) is 4.88 Å². The lowest BCUT2D eigenvalue weighted by Gasteiger charge is -2.22. The van der Waals surface area contributed by atoms with Gasteiger partial charge < -0.3 is 11.1 Å². The normalized spacial score (nSPS) is 11.6. The van der Waals surface area contributed by atoms with Crippen LogP contribution in [0.4, 0.5) is 0 Å². The molecule has 1 heterocycles. The van der Waals surface area contributed by atoms with Crippen molar-refractivity contribution in [3.05, 3.63) is 21.9 Å². The molecular weight excluding hydrogens is 296 g/mol. The number of hydrogen-bond donors (Lipinski definition) is 2. The molecule has 0 spiro atoms. The van der Waals surface area contributed by atoms with E-state index < -0.39 is 14.6 Å². The molecule has 0 aliphatic heterocycles. The first-order valence-electron chi connectivity index (χ1n) is 5.93. The maximum absolute atomic E-state index is 12.1. The highest BCUT2D eigenvalue weighted by atomic mass is 32.2.